The lowest BCUT2D eigenvalue weighted by atomic mass is 9.92. The molecule has 4 heteroatoms. The molecule has 2 aromatic rings. The molecule has 0 saturated carbocycles. The molecule has 2 N–H and O–H groups in total. The van der Waals surface area contributed by atoms with Gasteiger partial charge in [-0.2, -0.15) is 0 Å². The number of anilines is 1. The van der Waals surface area contributed by atoms with Gasteiger partial charge < -0.3 is 10.5 Å². The van der Waals surface area contributed by atoms with E-state index in [-0.39, 0.29) is 17.5 Å². The number of fused-ring (bicyclic) bond motifs is 1. The summed E-state index contributed by atoms with van der Waals surface area (Å²) in [6, 6.07) is 9.39. The van der Waals surface area contributed by atoms with E-state index < -0.39 is 0 Å². The highest BCUT2D eigenvalue weighted by atomic mass is 16.5. The van der Waals surface area contributed by atoms with E-state index in [4.69, 9.17) is 10.5 Å². The molecular weight excluding hydrogens is 240 g/mol. The molecule has 0 radical (unpaired) electrons. The molecule has 0 bridgehead atoms. The van der Waals surface area contributed by atoms with Gasteiger partial charge in [0.2, 0.25) is 0 Å². The molecule has 0 spiro atoms. The van der Waals surface area contributed by atoms with Crippen LogP contribution < -0.4 is 10.5 Å². The number of para-hydroxylation sites is 1. The minimum absolute atomic E-state index is 0.0290. The summed E-state index contributed by atoms with van der Waals surface area (Å²) in [5.41, 5.74) is 8.13. The summed E-state index contributed by atoms with van der Waals surface area (Å²) in [4.78, 5) is 16.6. The van der Waals surface area contributed by atoms with Crippen molar-refractivity contribution in [3.8, 4) is 5.75 Å². The summed E-state index contributed by atoms with van der Waals surface area (Å²) in [6.45, 7) is 2.26. The molecule has 1 atom stereocenters. The minimum atomic E-state index is -0.290. The quantitative estimate of drug-likeness (QED) is 0.835. The van der Waals surface area contributed by atoms with Crippen molar-refractivity contribution in [2.75, 3.05) is 12.3 Å². The molecule has 0 aliphatic carbocycles. The number of nitrogens with two attached hydrogens (primary N) is 1. The first kappa shape index (κ1) is 11.7. The number of rotatable bonds is 2. The summed E-state index contributed by atoms with van der Waals surface area (Å²) < 4.78 is 5.54. The highest BCUT2D eigenvalue weighted by molar-refractivity contribution is 6.05. The molecule has 96 valence electrons. The zero-order valence-electron chi connectivity index (χ0n) is 10.6. The number of carbonyl (C=O) groups is 1. The summed E-state index contributed by atoms with van der Waals surface area (Å²) in [5.74, 6) is 0.737. The van der Waals surface area contributed by atoms with Gasteiger partial charge in [-0.3, -0.25) is 4.79 Å². The van der Waals surface area contributed by atoms with Crippen molar-refractivity contribution in [3.63, 3.8) is 0 Å². The molecule has 3 rings (SSSR count). The first-order valence-corrected chi connectivity index (χ1v) is 6.15. The molecule has 0 saturated heterocycles. The van der Waals surface area contributed by atoms with Crippen molar-refractivity contribution in [3.05, 3.63) is 53.2 Å². The van der Waals surface area contributed by atoms with E-state index in [0.717, 1.165) is 16.9 Å². The van der Waals surface area contributed by atoms with E-state index in [1.54, 1.807) is 12.3 Å². The number of ether oxygens (including phenoxy) is 1. The Kier molecular flexibility index (Phi) is 2.71. The Hall–Kier alpha value is -2.36. The SMILES string of the molecule is Cc1cnc(N)c(C(=O)C2COc3ccccc32)c1. The lowest BCUT2D eigenvalue weighted by molar-refractivity contribution is 0.0948. The Bertz CT molecular complexity index is 652. The van der Waals surface area contributed by atoms with Gasteiger partial charge in [0, 0.05) is 11.8 Å². The molecule has 1 unspecified atom stereocenters. The summed E-state index contributed by atoms with van der Waals surface area (Å²) in [5, 5.41) is 0. The predicted octanol–water partition coefficient (Wildman–Crippen LogP) is 2.33. The fourth-order valence-corrected chi connectivity index (χ4v) is 2.34. The van der Waals surface area contributed by atoms with Crippen molar-refractivity contribution in [2.45, 2.75) is 12.8 Å². The largest absolute Gasteiger partial charge is 0.492 e. The van der Waals surface area contributed by atoms with Crippen molar-refractivity contribution >= 4 is 11.6 Å². The van der Waals surface area contributed by atoms with Crippen molar-refractivity contribution < 1.29 is 9.53 Å². The van der Waals surface area contributed by atoms with Crippen LogP contribution in [0.4, 0.5) is 5.82 Å². The second-order valence-corrected chi connectivity index (χ2v) is 4.71. The smallest absolute Gasteiger partial charge is 0.177 e. The number of benzene rings is 1. The van der Waals surface area contributed by atoms with Gasteiger partial charge in [-0.25, -0.2) is 4.98 Å². The third-order valence-electron chi connectivity index (χ3n) is 3.34. The predicted molar refractivity (Wildman–Crippen MR) is 72.4 cm³/mol. The van der Waals surface area contributed by atoms with E-state index in [1.165, 1.54) is 0 Å². The first-order valence-electron chi connectivity index (χ1n) is 6.15. The Morgan fingerprint density at radius 3 is 3.05 bits per heavy atom. The summed E-state index contributed by atoms with van der Waals surface area (Å²) in [6.07, 6.45) is 1.66. The van der Waals surface area contributed by atoms with E-state index in [0.29, 0.717) is 12.2 Å². The molecule has 1 aromatic heterocycles. The molecule has 2 heterocycles. The van der Waals surface area contributed by atoms with Gasteiger partial charge in [-0.1, -0.05) is 18.2 Å². The number of nitrogen functional groups attached to an aromatic ring is 1. The highest BCUT2D eigenvalue weighted by Crippen LogP contribution is 2.36. The maximum atomic E-state index is 12.6. The van der Waals surface area contributed by atoms with Gasteiger partial charge in [0.05, 0.1) is 11.5 Å². The molecular formula is C15H14N2O2. The Morgan fingerprint density at radius 2 is 2.21 bits per heavy atom. The van der Waals surface area contributed by atoms with Crippen LogP contribution in [-0.2, 0) is 0 Å². The lowest BCUT2D eigenvalue weighted by Crippen LogP contribution is -2.16. The molecule has 19 heavy (non-hydrogen) atoms. The highest BCUT2D eigenvalue weighted by Gasteiger charge is 2.31. The third-order valence-corrected chi connectivity index (χ3v) is 3.34. The van der Waals surface area contributed by atoms with E-state index >= 15 is 0 Å². The molecule has 0 fully saturated rings. The van der Waals surface area contributed by atoms with Crippen LogP contribution in [0.15, 0.2) is 36.5 Å². The van der Waals surface area contributed by atoms with E-state index in [1.807, 2.05) is 31.2 Å². The number of ketones is 1. The normalized spacial score (nSPS) is 16.8. The second kappa shape index (κ2) is 4.39. The first-order chi connectivity index (χ1) is 9.16. The number of Topliss-reactive ketones (excluding diaryl/α,β-unsaturated/α-hetero) is 1. The Balaban J connectivity index is 2.00. The maximum Gasteiger partial charge on any atom is 0.177 e. The number of aryl methyl sites for hydroxylation is 1. The number of carbonyl (C=O) groups excluding carboxylic acids is 1. The van der Waals surface area contributed by atoms with Gasteiger partial charge in [-0.15, -0.1) is 0 Å². The van der Waals surface area contributed by atoms with Crippen LogP contribution in [0.1, 0.15) is 27.4 Å². The summed E-state index contributed by atoms with van der Waals surface area (Å²) in [7, 11) is 0. The van der Waals surface area contributed by atoms with Crippen molar-refractivity contribution in [1.29, 1.82) is 0 Å². The zero-order chi connectivity index (χ0) is 13.4. The summed E-state index contributed by atoms with van der Waals surface area (Å²) >= 11 is 0. The fraction of sp³-hybridized carbons (Fsp3) is 0.200. The number of hydrogen-bond donors (Lipinski definition) is 1. The van der Waals surface area contributed by atoms with Crippen LogP contribution in [0.2, 0.25) is 0 Å². The van der Waals surface area contributed by atoms with E-state index in [9.17, 15) is 4.79 Å². The van der Waals surface area contributed by atoms with Gasteiger partial charge >= 0.3 is 0 Å². The van der Waals surface area contributed by atoms with E-state index in [2.05, 4.69) is 4.98 Å². The average Bonchev–Trinajstić information content (AvgIpc) is 2.84. The minimum Gasteiger partial charge on any atom is -0.492 e. The van der Waals surface area contributed by atoms with Crippen LogP contribution in [0, 0.1) is 6.92 Å². The number of aromatic nitrogens is 1. The topological polar surface area (TPSA) is 65.2 Å². The van der Waals surface area contributed by atoms with Crippen LogP contribution in [0.25, 0.3) is 0 Å². The lowest BCUT2D eigenvalue weighted by Gasteiger charge is -2.10. The third kappa shape index (κ3) is 1.95. The number of hydrogen-bond acceptors (Lipinski definition) is 4. The standard InChI is InChI=1S/C15H14N2O2/c1-9-6-11(15(16)17-7-9)14(18)12-8-19-13-5-3-2-4-10(12)13/h2-7,12H,8H2,1H3,(H2,16,17). The van der Waals surface area contributed by atoms with Gasteiger partial charge in [0.15, 0.2) is 5.78 Å². The Morgan fingerprint density at radius 1 is 1.42 bits per heavy atom. The molecule has 1 aliphatic heterocycles. The average molecular weight is 254 g/mol. The van der Waals surface area contributed by atoms with Crippen molar-refractivity contribution in [1.82, 2.24) is 4.98 Å². The molecule has 1 aliphatic rings. The molecule has 4 nitrogen and oxygen atoms in total. The fourth-order valence-electron chi connectivity index (χ4n) is 2.34. The maximum absolute atomic E-state index is 12.6. The number of pyridine rings is 1. The molecule has 1 aromatic carbocycles. The Labute approximate surface area is 111 Å². The van der Waals surface area contributed by atoms with Crippen LogP contribution >= 0.6 is 0 Å². The monoisotopic (exact) mass is 254 g/mol. The van der Waals surface area contributed by atoms with Crippen LogP contribution in [-0.4, -0.2) is 17.4 Å². The van der Waals surface area contributed by atoms with Crippen molar-refractivity contribution in [2.24, 2.45) is 0 Å². The zero-order valence-corrected chi connectivity index (χ0v) is 10.6. The number of nitrogens with zero attached hydrogens (tertiary/aromatic N) is 1. The van der Waals surface area contributed by atoms with Gasteiger partial charge in [-0.05, 0) is 24.6 Å². The van der Waals surface area contributed by atoms with Crippen LogP contribution in [0.3, 0.4) is 0 Å². The molecule has 0 amide bonds. The van der Waals surface area contributed by atoms with Gasteiger partial charge in [0.25, 0.3) is 0 Å². The van der Waals surface area contributed by atoms with Crippen LogP contribution in [0.5, 0.6) is 5.75 Å². The second-order valence-electron chi connectivity index (χ2n) is 4.71. The van der Waals surface area contributed by atoms with Gasteiger partial charge in [0.1, 0.15) is 18.2 Å².